The van der Waals surface area contributed by atoms with E-state index in [1.165, 1.54) is 0 Å². The van der Waals surface area contributed by atoms with E-state index in [0.29, 0.717) is 55.4 Å². The van der Waals surface area contributed by atoms with Gasteiger partial charge in [0.05, 0.1) is 51.1 Å². The number of aliphatic imine (C=N–C) groups is 1. The van der Waals surface area contributed by atoms with Crippen LogP contribution in [0.25, 0.3) is 0 Å². The van der Waals surface area contributed by atoms with E-state index < -0.39 is 16.7 Å². The molecule has 6 rings (SSSR count). The summed E-state index contributed by atoms with van der Waals surface area (Å²) in [5, 5.41) is 22.3. The van der Waals surface area contributed by atoms with Crippen molar-refractivity contribution in [3.63, 3.8) is 0 Å². The molecule has 10 heteroatoms. The average Bonchev–Trinajstić information content (AvgIpc) is 3.62. The van der Waals surface area contributed by atoms with Crippen LogP contribution in [-0.2, 0) is 13.1 Å². The largest absolute Gasteiger partial charge is 0.468 e. The summed E-state index contributed by atoms with van der Waals surface area (Å²) in [6.07, 6.45) is 3.26. The molecule has 2 fully saturated rings. The normalized spacial score (nSPS) is 27.8. The first-order chi connectivity index (χ1) is 18.0. The van der Waals surface area contributed by atoms with Crippen molar-refractivity contribution in [1.82, 2.24) is 14.7 Å². The lowest BCUT2D eigenvalue weighted by Crippen LogP contribution is -2.73. The standard InChI is InChI=1S/C27H23ClN6O2S/c28-22-8-2-1-7-21(22)23-26(13-29)15-32(11-19-5-3-9-35-19)16-27(23,14-30)25(37)34-18-33(17-31-24(26)34)12-20-6-4-10-36-20/h1-10,23H,11-12,15-18H2/t23-,26-,27+/m1/s1. The van der Waals surface area contributed by atoms with E-state index in [1.807, 2.05) is 47.4 Å². The molecule has 0 saturated carbocycles. The van der Waals surface area contributed by atoms with Crippen LogP contribution in [-0.4, -0.2) is 52.0 Å². The summed E-state index contributed by atoms with van der Waals surface area (Å²) in [6, 6.07) is 20.1. The van der Waals surface area contributed by atoms with Gasteiger partial charge in [0, 0.05) is 24.0 Å². The minimum Gasteiger partial charge on any atom is -0.468 e. The van der Waals surface area contributed by atoms with Gasteiger partial charge in [0.25, 0.3) is 0 Å². The number of thiocarbonyl (C=S) groups is 1. The summed E-state index contributed by atoms with van der Waals surface area (Å²) >= 11 is 12.8. The highest BCUT2D eigenvalue weighted by atomic mass is 35.5. The number of amidine groups is 1. The number of piperidine rings is 2. The number of benzene rings is 1. The Morgan fingerprint density at radius 2 is 1.59 bits per heavy atom. The Kier molecular flexibility index (Phi) is 5.89. The predicted molar refractivity (Wildman–Crippen MR) is 140 cm³/mol. The first kappa shape index (κ1) is 23.9. The summed E-state index contributed by atoms with van der Waals surface area (Å²) < 4.78 is 11.1. The zero-order valence-corrected chi connectivity index (χ0v) is 21.5. The molecule has 0 amide bonds. The number of rotatable bonds is 5. The third kappa shape index (κ3) is 3.70. The number of nitriles is 2. The molecule has 3 aromatic rings. The van der Waals surface area contributed by atoms with E-state index in [1.54, 1.807) is 18.6 Å². The molecule has 8 nitrogen and oxygen atoms in total. The molecule has 0 radical (unpaired) electrons. The van der Waals surface area contributed by atoms with Crippen LogP contribution in [0.4, 0.5) is 0 Å². The molecule has 3 aliphatic rings. The van der Waals surface area contributed by atoms with Gasteiger partial charge < -0.3 is 13.7 Å². The van der Waals surface area contributed by atoms with Crippen LogP contribution >= 0.6 is 23.8 Å². The fraction of sp³-hybridized carbons (Fsp3) is 0.333. The minimum atomic E-state index is -1.19. The van der Waals surface area contributed by atoms with E-state index in [4.69, 9.17) is 37.6 Å². The van der Waals surface area contributed by atoms with E-state index in [0.717, 1.165) is 17.1 Å². The van der Waals surface area contributed by atoms with Gasteiger partial charge in [-0.3, -0.25) is 14.8 Å². The van der Waals surface area contributed by atoms with Gasteiger partial charge in [0.2, 0.25) is 0 Å². The Hall–Kier alpha value is -3.47. The predicted octanol–water partition coefficient (Wildman–Crippen LogP) is 4.62. The van der Waals surface area contributed by atoms with Gasteiger partial charge in [0.1, 0.15) is 33.2 Å². The number of fused-ring (bicyclic) bond motifs is 4. The first-order valence-electron chi connectivity index (χ1n) is 11.9. The van der Waals surface area contributed by atoms with Gasteiger partial charge in [-0.25, -0.2) is 0 Å². The van der Waals surface area contributed by atoms with Gasteiger partial charge in [0.15, 0.2) is 0 Å². The number of halogens is 1. The highest BCUT2D eigenvalue weighted by Crippen LogP contribution is 2.59. The molecule has 37 heavy (non-hydrogen) atoms. The van der Waals surface area contributed by atoms with Crippen molar-refractivity contribution < 1.29 is 8.83 Å². The maximum Gasteiger partial charge on any atom is 0.136 e. The van der Waals surface area contributed by atoms with Crippen molar-refractivity contribution in [3.8, 4) is 12.1 Å². The van der Waals surface area contributed by atoms with Crippen LogP contribution in [0.3, 0.4) is 0 Å². The molecule has 0 unspecified atom stereocenters. The van der Waals surface area contributed by atoms with Crippen molar-refractivity contribution in [1.29, 1.82) is 10.5 Å². The van der Waals surface area contributed by atoms with E-state index >= 15 is 0 Å². The average molecular weight is 531 g/mol. The molecule has 2 bridgehead atoms. The second kappa shape index (κ2) is 9.13. The summed E-state index contributed by atoms with van der Waals surface area (Å²) in [5.74, 6) is 1.59. The van der Waals surface area contributed by atoms with Crippen LogP contribution in [0, 0.1) is 33.5 Å². The lowest BCUT2D eigenvalue weighted by molar-refractivity contribution is 0.0480. The highest BCUT2D eigenvalue weighted by molar-refractivity contribution is 7.80. The minimum absolute atomic E-state index is 0.338. The molecule has 1 aromatic carbocycles. The molecular formula is C27H23ClN6O2S. The van der Waals surface area contributed by atoms with Crippen molar-refractivity contribution in [2.75, 3.05) is 26.4 Å². The van der Waals surface area contributed by atoms with Crippen LogP contribution < -0.4 is 0 Å². The Balaban J connectivity index is 1.49. The zero-order valence-electron chi connectivity index (χ0n) is 19.9. The Labute approximate surface area is 224 Å². The molecule has 0 N–H and O–H groups in total. The van der Waals surface area contributed by atoms with Crippen molar-refractivity contribution in [2.45, 2.75) is 19.0 Å². The number of hydrogen-bond acceptors (Lipinski definition) is 8. The molecule has 186 valence electrons. The molecule has 0 aliphatic carbocycles. The number of nitrogens with zero attached hydrogens (tertiary/aromatic N) is 6. The van der Waals surface area contributed by atoms with Gasteiger partial charge >= 0.3 is 0 Å². The van der Waals surface area contributed by atoms with Crippen molar-refractivity contribution in [3.05, 3.63) is 83.2 Å². The second-order valence-electron chi connectivity index (χ2n) is 9.75. The van der Waals surface area contributed by atoms with Gasteiger partial charge in [-0.15, -0.1) is 0 Å². The van der Waals surface area contributed by atoms with Crippen LogP contribution in [0.5, 0.6) is 0 Å². The van der Waals surface area contributed by atoms with Crippen LogP contribution in [0.2, 0.25) is 5.02 Å². The smallest absolute Gasteiger partial charge is 0.136 e. The van der Waals surface area contributed by atoms with Crippen LogP contribution in [0.1, 0.15) is 23.0 Å². The monoisotopic (exact) mass is 530 g/mol. The van der Waals surface area contributed by atoms with Crippen LogP contribution in [0.15, 0.2) is 74.9 Å². The zero-order chi connectivity index (χ0) is 25.6. The topological polar surface area (TPSA) is 95.9 Å². The van der Waals surface area contributed by atoms with Gasteiger partial charge in [-0.2, -0.15) is 10.5 Å². The lowest BCUT2D eigenvalue weighted by atomic mass is 9.53. The fourth-order valence-electron chi connectivity index (χ4n) is 6.10. The highest BCUT2D eigenvalue weighted by Gasteiger charge is 2.68. The molecule has 0 spiro atoms. The van der Waals surface area contributed by atoms with E-state index in [2.05, 4.69) is 21.9 Å². The molecular weight excluding hydrogens is 508 g/mol. The van der Waals surface area contributed by atoms with Gasteiger partial charge in [-0.1, -0.05) is 42.0 Å². The first-order valence-corrected chi connectivity index (χ1v) is 12.7. The Morgan fingerprint density at radius 3 is 2.22 bits per heavy atom. The van der Waals surface area contributed by atoms with E-state index in [9.17, 15) is 10.5 Å². The maximum absolute atomic E-state index is 10.9. The van der Waals surface area contributed by atoms with Crippen molar-refractivity contribution >= 4 is 34.6 Å². The third-order valence-electron chi connectivity index (χ3n) is 7.51. The fourth-order valence-corrected chi connectivity index (χ4v) is 6.72. The molecule has 2 saturated heterocycles. The summed E-state index contributed by atoms with van der Waals surface area (Å²) in [5.41, 5.74) is -1.59. The molecule has 3 atom stereocenters. The molecule has 3 aliphatic heterocycles. The number of hydrogen-bond donors (Lipinski definition) is 0. The number of likely N-dealkylation sites (tertiary alicyclic amines) is 1. The quantitative estimate of drug-likeness (QED) is 0.441. The summed E-state index contributed by atoms with van der Waals surface area (Å²) in [6.45, 7) is 2.49. The maximum atomic E-state index is 10.9. The third-order valence-corrected chi connectivity index (χ3v) is 8.44. The Bertz CT molecular complexity index is 1440. The summed E-state index contributed by atoms with van der Waals surface area (Å²) in [7, 11) is 0. The number of furan rings is 2. The second-order valence-corrected chi connectivity index (χ2v) is 10.5. The van der Waals surface area contributed by atoms with Crippen molar-refractivity contribution in [2.24, 2.45) is 15.8 Å². The summed E-state index contributed by atoms with van der Waals surface area (Å²) in [4.78, 5) is 11.5. The SMILES string of the molecule is N#C[C@]12CN(Cc3ccco3)C[C@](C#N)(C(=S)N3CN(Cc4ccco4)CN=C31)[C@@H]2c1ccccc1Cl. The van der Waals surface area contributed by atoms with E-state index in [-0.39, 0.29) is 0 Å². The molecule has 2 aromatic heterocycles. The Morgan fingerprint density at radius 1 is 0.946 bits per heavy atom. The molecule has 5 heterocycles. The van der Waals surface area contributed by atoms with Gasteiger partial charge in [-0.05, 0) is 35.9 Å². The lowest BCUT2D eigenvalue weighted by Gasteiger charge is -2.60.